The molecule has 0 unspecified atom stereocenters. The zero-order valence-corrected chi connectivity index (χ0v) is 10.4. The molecule has 2 aromatic heterocycles. The number of alkyl halides is 1. The maximum Gasteiger partial charge on any atom is 0.147 e. The lowest BCUT2D eigenvalue weighted by atomic mass is 10.4. The monoisotopic (exact) mass is 251 g/mol. The third-order valence-corrected chi connectivity index (χ3v) is 2.71. The van der Waals surface area contributed by atoms with Crippen LogP contribution in [0.25, 0.3) is 0 Å². The van der Waals surface area contributed by atoms with Gasteiger partial charge in [0.15, 0.2) is 0 Å². The van der Waals surface area contributed by atoms with Crippen LogP contribution in [-0.2, 0) is 12.4 Å². The first-order chi connectivity index (χ1) is 8.33. The Kier molecular flexibility index (Phi) is 3.98. The largest absolute Gasteiger partial charge is 0.467 e. The molecule has 90 valence electrons. The fraction of sp³-hybridized carbons (Fsp3) is 0.333. The van der Waals surface area contributed by atoms with Crippen molar-refractivity contribution in [3.63, 3.8) is 0 Å². The number of rotatable bonds is 5. The zero-order valence-electron chi connectivity index (χ0n) is 9.64. The molecule has 0 saturated heterocycles. The molecule has 0 aliphatic rings. The number of halogens is 1. The minimum absolute atomic E-state index is 0.374. The molecule has 2 rings (SSSR count). The van der Waals surface area contributed by atoms with Gasteiger partial charge in [0.1, 0.15) is 11.6 Å². The van der Waals surface area contributed by atoms with Gasteiger partial charge >= 0.3 is 0 Å². The summed E-state index contributed by atoms with van der Waals surface area (Å²) in [5, 5.41) is 0. The molecule has 0 amide bonds. The van der Waals surface area contributed by atoms with Gasteiger partial charge in [-0.1, -0.05) is 0 Å². The second kappa shape index (κ2) is 5.68. The summed E-state index contributed by atoms with van der Waals surface area (Å²) in [7, 11) is 0. The highest BCUT2D eigenvalue weighted by Crippen LogP contribution is 2.14. The van der Waals surface area contributed by atoms with Crippen LogP contribution >= 0.6 is 11.6 Å². The predicted octanol–water partition coefficient (Wildman–Crippen LogP) is 2.83. The Bertz CT molecular complexity index is 459. The van der Waals surface area contributed by atoms with Crippen LogP contribution in [0.3, 0.4) is 0 Å². The van der Waals surface area contributed by atoms with Crippen LogP contribution < -0.4 is 4.90 Å². The van der Waals surface area contributed by atoms with Gasteiger partial charge in [-0.2, -0.15) is 0 Å². The second-order valence-corrected chi connectivity index (χ2v) is 3.86. The summed E-state index contributed by atoms with van der Waals surface area (Å²) in [6.07, 6.45) is 5.09. The van der Waals surface area contributed by atoms with Crippen LogP contribution in [0, 0.1) is 0 Å². The Morgan fingerprint density at radius 1 is 1.41 bits per heavy atom. The van der Waals surface area contributed by atoms with Gasteiger partial charge in [-0.15, -0.1) is 11.6 Å². The number of hydrogen-bond donors (Lipinski definition) is 0. The molecule has 0 atom stereocenters. The van der Waals surface area contributed by atoms with Crippen molar-refractivity contribution in [1.82, 2.24) is 9.97 Å². The maximum atomic E-state index is 5.75. The molecule has 0 aliphatic carbocycles. The summed E-state index contributed by atoms with van der Waals surface area (Å²) >= 11 is 5.75. The number of hydrogen-bond acceptors (Lipinski definition) is 4. The average molecular weight is 252 g/mol. The number of aromatic nitrogens is 2. The van der Waals surface area contributed by atoms with Crippen LogP contribution in [0.15, 0.2) is 35.2 Å². The van der Waals surface area contributed by atoms with E-state index in [1.54, 1.807) is 18.7 Å². The van der Waals surface area contributed by atoms with Crippen molar-refractivity contribution < 1.29 is 4.42 Å². The molecule has 2 aromatic rings. The number of furan rings is 1. The van der Waals surface area contributed by atoms with E-state index in [2.05, 4.69) is 21.8 Å². The van der Waals surface area contributed by atoms with Crippen molar-refractivity contribution in [2.24, 2.45) is 0 Å². The summed E-state index contributed by atoms with van der Waals surface area (Å²) in [6.45, 7) is 3.59. The molecular weight excluding hydrogens is 238 g/mol. The van der Waals surface area contributed by atoms with E-state index in [-0.39, 0.29) is 0 Å². The topological polar surface area (TPSA) is 42.2 Å². The van der Waals surface area contributed by atoms with E-state index in [0.29, 0.717) is 12.4 Å². The molecule has 0 spiro atoms. The lowest BCUT2D eigenvalue weighted by Crippen LogP contribution is -2.23. The molecule has 0 bridgehead atoms. The lowest BCUT2D eigenvalue weighted by Gasteiger charge is -2.20. The Hall–Kier alpha value is -1.55. The van der Waals surface area contributed by atoms with Crippen molar-refractivity contribution in [3.05, 3.63) is 42.2 Å². The minimum Gasteiger partial charge on any atom is -0.467 e. The predicted molar refractivity (Wildman–Crippen MR) is 67.0 cm³/mol. The van der Waals surface area contributed by atoms with E-state index in [4.69, 9.17) is 16.0 Å². The van der Waals surface area contributed by atoms with Gasteiger partial charge < -0.3 is 9.32 Å². The molecule has 17 heavy (non-hydrogen) atoms. The van der Waals surface area contributed by atoms with Crippen LogP contribution in [-0.4, -0.2) is 16.5 Å². The lowest BCUT2D eigenvalue weighted by molar-refractivity contribution is 0.502. The Morgan fingerprint density at radius 3 is 2.94 bits per heavy atom. The third kappa shape index (κ3) is 2.97. The Labute approximate surface area is 105 Å². The SMILES string of the molecule is CCN(Cc1ccco1)c1cncc(CCl)n1. The van der Waals surface area contributed by atoms with E-state index in [9.17, 15) is 0 Å². The summed E-state index contributed by atoms with van der Waals surface area (Å²) in [5.74, 6) is 2.10. The summed E-state index contributed by atoms with van der Waals surface area (Å²) < 4.78 is 5.33. The third-order valence-electron chi connectivity index (χ3n) is 2.44. The Balaban J connectivity index is 2.16. The first-order valence-corrected chi connectivity index (χ1v) is 6.01. The summed E-state index contributed by atoms with van der Waals surface area (Å²) in [6, 6.07) is 3.82. The first-order valence-electron chi connectivity index (χ1n) is 5.47. The molecule has 2 heterocycles. The van der Waals surface area contributed by atoms with Crippen molar-refractivity contribution in [1.29, 1.82) is 0 Å². The molecule has 0 radical (unpaired) electrons. The molecule has 4 nitrogen and oxygen atoms in total. The minimum atomic E-state index is 0.374. The van der Waals surface area contributed by atoms with Crippen LogP contribution in [0.1, 0.15) is 18.4 Å². The fourth-order valence-corrected chi connectivity index (χ4v) is 1.69. The number of anilines is 1. The zero-order chi connectivity index (χ0) is 12.1. The molecule has 5 heteroatoms. The van der Waals surface area contributed by atoms with Gasteiger partial charge in [0, 0.05) is 12.7 Å². The molecule has 0 saturated carbocycles. The highest BCUT2D eigenvalue weighted by atomic mass is 35.5. The van der Waals surface area contributed by atoms with Gasteiger partial charge in [0.05, 0.1) is 30.6 Å². The molecule has 0 N–H and O–H groups in total. The molecule has 0 fully saturated rings. The molecule has 0 aromatic carbocycles. The fourth-order valence-electron chi connectivity index (χ4n) is 1.56. The van der Waals surface area contributed by atoms with Crippen molar-refractivity contribution >= 4 is 17.4 Å². The average Bonchev–Trinajstić information content (AvgIpc) is 2.89. The standard InChI is InChI=1S/C12H14ClN3O/c1-2-16(9-11-4-3-5-17-11)12-8-14-7-10(6-13)15-12/h3-5,7-8H,2,6,9H2,1H3. The van der Waals surface area contributed by atoms with E-state index in [1.807, 2.05) is 12.1 Å². The van der Waals surface area contributed by atoms with Crippen molar-refractivity contribution in [2.45, 2.75) is 19.3 Å². The van der Waals surface area contributed by atoms with E-state index in [1.165, 1.54) is 0 Å². The van der Waals surface area contributed by atoms with Gasteiger partial charge in [-0.3, -0.25) is 4.98 Å². The van der Waals surface area contributed by atoms with Crippen molar-refractivity contribution in [2.75, 3.05) is 11.4 Å². The maximum absolute atomic E-state index is 5.75. The molecule has 0 aliphatic heterocycles. The van der Waals surface area contributed by atoms with Gasteiger partial charge in [0.2, 0.25) is 0 Å². The van der Waals surface area contributed by atoms with Crippen molar-refractivity contribution in [3.8, 4) is 0 Å². The summed E-state index contributed by atoms with van der Waals surface area (Å²) in [5.41, 5.74) is 0.780. The highest BCUT2D eigenvalue weighted by Gasteiger charge is 2.09. The highest BCUT2D eigenvalue weighted by molar-refractivity contribution is 6.16. The summed E-state index contributed by atoms with van der Waals surface area (Å²) in [4.78, 5) is 10.7. The van der Waals surface area contributed by atoms with E-state index in [0.717, 1.165) is 23.8 Å². The number of nitrogens with zero attached hydrogens (tertiary/aromatic N) is 3. The second-order valence-electron chi connectivity index (χ2n) is 3.60. The van der Waals surface area contributed by atoms with Gasteiger partial charge in [-0.25, -0.2) is 4.98 Å². The van der Waals surface area contributed by atoms with Gasteiger partial charge in [-0.05, 0) is 19.1 Å². The normalized spacial score (nSPS) is 10.5. The first kappa shape index (κ1) is 11.9. The van der Waals surface area contributed by atoms with Gasteiger partial charge in [0.25, 0.3) is 0 Å². The van der Waals surface area contributed by atoms with Crippen LogP contribution in [0.2, 0.25) is 0 Å². The van der Waals surface area contributed by atoms with Crippen LogP contribution in [0.4, 0.5) is 5.82 Å². The molecular formula is C12H14ClN3O. The Morgan fingerprint density at radius 2 is 2.29 bits per heavy atom. The smallest absolute Gasteiger partial charge is 0.147 e. The quantitative estimate of drug-likeness (QED) is 0.767. The van der Waals surface area contributed by atoms with Crippen LogP contribution in [0.5, 0.6) is 0 Å². The van der Waals surface area contributed by atoms with E-state index < -0.39 is 0 Å². The van der Waals surface area contributed by atoms with E-state index >= 15 is 0 Å².